The van der Waals surface area contributed by atoms with Gasteiger partial charge in [0, 0.05) is 12.8 Å². The van der Waals surface area contributed by atoms with Gasteiger partial charge in [-0.3, -0.25) is 4.79 Å². The van der Waals surface area contributed by atoms with Crippen molar-refractivity contribution in [1.82, 2.24) is 0 Å². The lowest BCUT2D eigenvalue weighted by Gasteiger charge is -2.09. The van der Waals surface area contributed by atoms with Crippen LogP contribution in [0.2, 0.25) is 0 Å². The molecule has 0 heterocycles. The van der Waals surface area contributed by atoms with Gasteiger partial charge in [0.05, 0.1) is 17.7 Å². The molecule has 0 aromatic heterocycles. The summed E-state index contributed by atoms with van der Waals surface area (Å²) in [5.74, 6) is -1.69. The third-order valence-electron chi connectivity index (χ3n) is 3.35. The van der Waals surface area contributed by atoms with Crippen LogP contribution in [-0.4, -0.2) is 24.5 Å². The van der Waals surface area contributed by atoms with Crippen LogP contribution in [0.1, 0.15) is 39.6 Å². The molecule has 0 aliphatic carbocycles. The fourth-order valence-corrected chi connectivity index (χ4v) is 2.08. The Kier molecular flexibility index (Phi) is 6.25. The maximum Gasteiger partial charge on any atom is 0.346 e. The highest BCUT2D eigenvalue weighted by molar-refractivity contribution is 5.97. The number of carbonyl (C=O) groups excluding carboxylic acids is 3. The van der Waals surface area contributed by atoms with E-state index in [-0.39, 0.29) is 13.0 Å². The molecule has 0 spiro atoms. The Morgan fingerprint density at radius 3 is 2.25 bits per heavy atom. The number of carbonyl (C=O) groups is 3. The summed E-state index contributed by atoms with van der Waals surface area (Å²) in [6, 6.07) is 15.5. The second-order valence-corrected chi connectivity index (χ2v) is 5.02. The third kappa shape index (κ3) is 4.78. The number of ether oxygens (including phenoxy) is 2. The molecule has 5 heteroatoms. The molecule has 0 amide bonds. The Morgan fingerprint density at radius 2 is 1.54 bits per heavy atom. The van der Waals surface area contributed by atoms with Crippen molar-refractivity contribution in [3.8, 4) is 0 Å². The molecule has 2 aromatic carbocycles. The summed E-state index contributed by atoms with van der Waals surface area (Å²) in [4.78, 5) is 35.1. The first-order valence-corrected chi connectivity index (χ1v) is 7.67. The average molecular weight is 326 g/mol. The van der Waals surface area contributed by atoms with Crippen LogP contribution in [0, 0.1) is 0 Å². The Hall–Kier alpha value is -2.95. The summed E-state index contributed by atoms with van der Waals surface area (Å²) in [6.45, 7) is 1.74. The quantitative estimate of drug-likeness (QED) is 0.602. The fraction of sp³-hybridized carbons (Fsp3) is 0.211. The Morgan fingerprint density at radius 1 is 0.875 bits per heavy atom. The van der Waals surface area contributed by atoms with Gasteiger partial charge in [0.2, 0.25) is 0 Å². The van der Waals surface area contributed by atoms with E-state index >= 15 is 0 Å². The van der Waals surface area contributed by atoms with Crippen molar-refractivity contribution in [1.29, 1.82) is 0 Å². The van der Waals surface area contributed by atoms with Gasteiger partial charge in [0.15, 0.2) is 0 Å². The van der Waals surface area contributed by atoms with Crippen LogP contribution < -0.4 is 0 Å². The zero-order valence-electron chi connectivity index (χ0n) is 13.4. The first kappa shape index (κ1) is 17.4. The van der Waals surface area contributed by atoms with E-state index in [1.54, 1.807) is 55.5 Å². The summed E-state index contributed by atoms with van der Waals surface area (Å²) in [5.41, 5.74) is 1.43. The average Bonchev–Trinajstić information content (AvgIpc) is 2.62. The van der Waals surface area contributed by atoms with Crippen molar-refractivity contribution < 1.29 is 23.9 Å². The van der Waals surface area contributed by atoms with E-state index in [1.807, 2.05) is 6.07 Å². The van der Waals surface area contributed by atoms with E-state index in [0.717, 1.165) is 0 Å². The van der Waals surface area contributed by atoms with Gasteiger partial charge in [-0.1, -0.05) is 43.3 Å². The van der Waals surface area contributed by atoms with E-state index in [0.29, 0.717) is 23.1 Å². The van der Waals surface area contributed by atoms with Crippen LogP contribution in [0.25, 0.3) is 0 Å². The number of hydrogen-bond donors (Lipinski definition) is 0. The van der Waals surface area contributed by atoms with E-state index < -0.39 is 17.9 Å². The first-order chi connectivity index (χ1) is 11.6. The zero-order valence-corrected chi connectivity index (χ0v) is 13.4. The van der Waals surface area contributed by atoms with Crippen LogP contribution in [0.15, 0.2) is 54.6 Å². The molecule has 24 heavy (non-hydrogen) atoms. The Labute approximate surface area is 140 Å². The minimum atomic E-state index is -0.688. The first-order valence-electron chi connectivity index (χ1n) is 7.67. The highest BCUT2D eigenvalue weighted by atomic mass is 16.6. The van der Waals surface area contributed by atoms with Gasteiger partial charge >= 0.3 is 17.9 Å². The topological polar surface area (TPSA) is 69.7 Å². The van der Waals surface area contributed by atoms with E-state index in [9.17, 15) is 14.4 Å². The molecule has 0 N–H and O–H groups in total. The molecule has 0 bridgehead atoms. The predicted molar refractivity (Wildman–Crippen MR) is 87.6 cm³/mol. The number of rotatable bonds is 6. The van der Waals surface area contributed by atoms with Crippen molar-refractivity contribution in [2.45, 2.75) is 19.8 Å². The van der Waals surface area contributed by atoms with Crippen molar-refractivity contribution in [2.75, 3.05) is 6.61 Å². The molecule has 0 aliphatic rings. The van der Waals surface area contributed by atoms with E-state index in [4.69, 9.17) is 9.47 Å². The molecule has 0 fully saturated rings. The Bertz CT molecular complexity index is 722. The van der Waals surface area contributed by atoms with Gasteiger partial charge in [-0.25, -0.2) is 9.59 Å². The highest BCUT2D eigenvalue weighted by Gasteiger charge is 2.15. The van der Waals surface area contributed by atoms with Crippen molar-refractivity contribution in [3.05, 3.63) is 71.3 Å². The smallest absolute Gasteiger partial charge is 0.346 e. The molecule has 0 unspecified atom stereocenters. The standard InChI is InChI=1S/C19H18O5/c1-2-17(20)24-19(22)16-11-7-6-8-14(16)12-13-23-18(21)15-9-4-3-5-10-15/h3-11H,2,12-13H2,1H3. The van der Waals surface area contributed by atoms with Crippen LogP contribution in [-0.2, 0) is 20.7 Å². The molecule has 2 aromatic rings. The van der Waals surface area contributed by atoms with Crippen molar-refractivity contribution in [2.24, 2.45) is 0 Å². The minimum absolute atomic E-state index is 0.125. The molecule has 0 aliphatic heterocycles. The maximum atomic E-state index is 12.0. The second-order valence-electron chi connectivity index (χ2n) is 5.02. The van der Waals surface area contributed by atoms with E-state index in [2.05, 4.69) is 0 Å². The van der Waals surface area contributed by atoms with Gasteiger partial charge < -0.3 is 9.47 Å². The monoisotopic (exact) mass is 326 g/mol. The molecule has 5 nitrogen and oxygen atoms in total. The lowest BCUT2D eigenvalue weighted by molar-refractivity contribution is -0.137. The van der Waals surface area contributed by atoms with Crippen LogP contribution in [0.4, 0.5) is 0 Å². The molecule has 0 radical (unpaired) electrons. The van der Waals surface area contributed by atoms with Gasteiger partial charge in [0.1, 0.15) is 0 Å². The molecule has 2 rings (SSSR count). The largest absolute Gasteiger partial charge is 0.462 e. The van der Waals surface area contributed by atoms with Gasteiger partial charge in [0.25, 0.3) is 0 Å². The lowest BCUT2D eigenvalue weighted by atomic mass is 10.1. The van der Waals surface area contributed by atoms with Gasteiger partial charge in [-0.05, 0) is 23.8 Å². The summed E-state index contributed by atoms with van der Waals surface area (Å²) >= 11 is 0. The summed E-state index contributed by atoms with van der Waals surface area (Å²) < 4.78 is 9.95. The van der Waals surface area contributed by atoms with Crippen LogP contribution in [0.3, 0.4) is 0 Å². The maximum absolute atomic E-state index is 12.0. The molecule has 0 saturated heterocycles. The van der Waals surface area contributed by atoms with Gasteiger partial charge in [-0.15, -0.1) is 0 Å². The molecule has 0 saturated carbocycles. The SMILES string of the molecule is CCC(=O)OC(=O)c1ccccc1CCOC(=O)c1ccccc1. The zero-order chi connectivity index (χ0) is 17.4. The Balaban J connectivity index is 1.97. The van der Waals surface area contributed by atoms with Crippen molar-refractivity contribution >= 4 is 17.9 Å². The highest BCUT2D eigenvalue weighted by Crippen LogP contribution is 2.12. The summed E-state index contributed by atoms with van der Waals surface area (Å²) in [5, 5.41) is 0. The predicted octanol–water partition coefficient (Wildman–Crippen LogP) is 3.18. The van der Waals surface area contributed by atoms with Crippen LogP contribution in [0.5, 0.6) is 0 Å². The molecule has 124 valence electrons. The number of hydrogen-bond acceptors (Lipinski definition) is 5. The number of benzene rings is 2. The van der Waals surface area contributed by atoms with Crippen molar-refractivity contribution in [3.63, 3.8) is 0 Å². The lowest BCUT2D eigenvalue weighted by Crippen LogP contribution is -2.15. The molecular formula is C19H18O5. The summed E-state index contributed by atoms with van der Waals surface area (Å²) in [6.07, 6.45) is 0.479. The normalized spacial score (nSPS) is 10.0. The molecular weight excluding hydrogens is 308 g/mol. The second kappa shape index (κ2) is 8.62. The third-order valence-corrected chi connectivity index (χ3v) is 3.35. The minimum Gasteiger partial charge on any atom is -0.462 e. The number of esters is 3. The van der Waals surface area contributed by atoms with E-state index in [1.165, 1.54) is 0 Å². The molecule has 0 atom stereocenters. The van der Waals surface area contributed by atoms with Gasteiger partial charge in [-0.2, -0.15) is 0 Å². The fourth-order valence-electron chi connectivity index (χ4n) is 2.08. The summed E-state index contributed by atoms with van der Waals surface area (Å²) in [7, 11) is 0. The van der Waals surface area contributed by atoms with Crippen LogP contribution >= 0.6 is 0 Å².